The molecule has 35 heavy (non-hydrogen) atoms. The van der Waals surface area contributed by atoms with Crippen LogP contribution in [-0.4, -0.2) is 11.1 Å². The lowest BCUT2D eigenvalue weighted by Gasteiger charge is -2.14. The van der Waals surface area contributed by atoms with Gasteiger partial charge >= 0.3 is 5.97 Å². The summed E-state index contributed by atoms with van der Waals surface area (Å²) in [6, 6.07) is 35.6. The molecule has 0 saturated carbocycles. The zero-order chi connectivity index (χ0) is 23.5. The highest BCUT2D eigenvalue weighted by molar-refractivity contribution is 5.95. The highest BCUT2D eigenvalue weighted by atomic mass is 16.4. The number of carbonyl (C=O) groups is 1. The van der Waals surface area contributed by atoms with E-state index in [2.05, 4.69) is 91.0 Å². The van der Waals surface area contributed by atoms with Crippen molar-refractivity contribution in [2.24, 2.45) is 0 Å². The third kappa shape index (κ3) is 3.07. The number of benzene rings is 5. The van der Waals surface area contributed by atoms with Crippen LogP contribution in [-0.2, 0) is 12.8 Å². The lowest BCUT2D eigenvalue weighted by Crippen LogP contribution is -1.99. The Bertz CT molecular complexity index is 1560. The predicted molar refractivity (Wildman–Crippen MR) is 141 cm³/mol. The summed E-state index contributed by atoms with van der Waals surface area (Å²) in [6.07, 6.45) is 1.73. The predicted octanol–water partition coefficient (Wildman–Crippen LogP) is 7.86. The summed E-state index contributed by atoms with van der Waals surface area (Å²) < 4.78 is 0. The molecule has 0 fully saturated rings. The highest BCUT2D eigenvalue weighted by Gasteiger charge is 2.24. The van der Waals surface area contributed by atoms with Crippen molar-refractivity contribution in [2.45, 2.75) is 12.8 Å². The molecule has 0 atom stereocenters. The number of aromatic carboxylic acids is 1. The minimum atomic E-state index is -0.903. The van der Waals surface area contributed by atoms with Gasteiger partial charge in [-0.3, -0.25) is 0 Å². The fourth-order valence-electron chi connectivity index (χ4n) is 5.92. The molecule has 2 aliphatic rings. The van der Waals surface area contributed by atoms with Gasteiger partial charge in [-0.1, -0.05) is 84.9 Å². The van der Waals surface area contributed by atoms with E-state index in [1.807, 2.05) is 12.1 Å². The van der Waals surface area contributed by atoms with Gasteiger partial charge in [-0.25, -0.2) is 4.79 Å². The lowest BCUT2D eigenvalue weighted by atomic mass is 9.89. The maximum absolute atomic E-state index is 12.2. The molecule has 0 spiro atoms. The second kappa shape index (κ2) is 7.54. The SMILES string of the molecule is O=C(O)c1cc(-c2cccc3c2Cc2ccccc2-3)cc(-c2cccc3c2Cc2ccccc2-3)c1. The van der Waals surface area contributed by atoms with Crippen molar-refractivity contribution in [3.63, 3.8) is 0 Å². The van der Waals surface area contributed by atoms with Crippen molar-refractivity contribution < 1.29 is 9.90 Å². The smallest absolute Gasteiger partial charge is 0.335 e. The van der Waals surface area contributed by atoms with Crippen molar-refractivity contribution in [3.05, 3.63) is 131 Å². The summed E-state index contributed by atoms with van der Waals surface area (Å²) in [4.78, 5) is 12.2. The molecule has 5 aromatic carbocycles. The molecule has 5 aromatic rings. The van der Waals surface area contributed by atoms with Gasteiger partial charge in [-0.05, 0) is 97.8 Å². The molecular formula is C33H22O2. The molecule has 0 heterocycles. The first-order chi connectivity index (χ1) is 17.2. The van der Waals surface area contributed by atoms with Gasteiger partial charge in [-0.2, -0.15) is 0 Å². The minimum absolute atomic E-state index is 0.318. The van der Waals surface area contributed by atoms with E-state index in [9.17, 15) is 9.90 Å². The maximum atomic E-state index is 12.2. The average Bonchev–Trinajstić information content (AvgIpc) is 3.47. The van der Waals surface area contributed by atoms with Gasteiger partial charge in [0, 0.05) is 0 Å². The van der Waals surface area contributed by atoms with Crippen molar-refractivity contribution >= 4 is 5.97 Å². The third-order valence-corrected chi connectivity index (χ3v) is 7.50. The molecule has 166 valence electrons. The van der Waals surface area contributed by atoms with Gasteiger partial charge in [0.25, 0.3) is 0 Å². The molecule has 2 aliphatic carbocycles. The van der Waals surface area contributed by atoms with E-state index < -0.39 is 5.97 Å². The van der Waals surface area contributed by atoms with E-state index in [1.54, 1.807) is 0 Å². The summed E-state index contributed by atoms with van der Waals surface area (Å²) in [5.74, 6) is -0.903. The Labute approximate surface area is 204 Å². The van der Waals surface area contributed by atoms with Gasteiger partial charge < -0.3 is 5.11 Å². The van der Waals surface area contributed by atoms with Gasteiger partial charge in [0.15, 0.2) is 0 Å². The van der Waals surface area contributed by atoms with Crippen LogP contribution in [0.2, 0.25) is 0 Å². The first-order valence-electron chi connectivity index (χ1n) is 12.0. The normalized spacial score (nSPS) is 12.6. The molecule has 0 amide bonds. The van der Waals surface area contributed by atoms with Crippen LogP contribution in [0.5, 0.6) is 0 Å². The fraction of sp³-hybridized carbons (Fsp3) is 0.0606. The fourth-order valence-corrected chi connectivity index (χ4v) is 5.92. The van der Waals surface area contributed by atoms with Gasteiger partial charge in [0.05, 0.1) is 5.56 Å². The first kappa shape index (κ1) is 20.0. The Hall–Kier alpha value is -4.43. The average molecular weight is 451 g/mol. The topological polar surface area (TPSA) is 37.3 Å². The Kier molecular flexibility index (Phi) is 4.31. The molecule has 0 aromatic heterocycles. The largest absolute Gasteiger partial charge is 0.478 e. The van der Waals surface area contributed by atoms with Gasteiger partial charge in [0.2, 0.25) is 0 Å². The van der Waals surface area contributed by atoms with E-state index in [0.717, 1.165) is 35.1 Å². The second-order valence-corrected chi connectivity index (χ2v) is 9.44. The quantitative estimate of drug-likeness (QED) is 0.297. The van der Waals surface area contributed by atoms with E-state index >= 15 is 0 Å². The molecule has 2 heteroatoms. The highest BCUT2D eigenvalue weighted by Crippen LogP contribution is 2.44. The van der Waals surface area contributed by atoms with Gasteiger partial charge in [-0.15, -0.1) is 0 Å². The Morgan fingerprint density at radius 2 is 0.943 bits per heavy atom. The number of carboxylic acids is 1. The molecule has 7 rings (SSSR count). The molecule has 0 unspecified atom stereocenters. The summed E-state index contributed by atoms with van der Waals surface area (Å²) in [5, 5.41) is 10.00. The van der Waals surface area contributed by atoms with E-state index in [0.29, 0.717) is 5.56 Å². The number of rotatable bonds is 3. The van der Waals surface area contributed by atoms with E-state index in [4.69, 9.17) is 0 Å². The van der Waals surface area contributed by atoms with Gasteiger partial charge in [0.1, 0.15) is 0 Å². The van der Waals surface area contributed by atoms with Crippen molar-refractivity contribution in [1.82, 2.24) is 0 Å². The molecule has 2 nitrogen and oxygen atoms in total. The third-order valence-electron chi connectivity index (χ3n) is 7.50. The van der Waals surface area contributed by atoms with Crippen LogP contribution in [0.4, 0.5) is 0 Å². The van der Waals surface area contributed by atoms with E-state index in [-0.39, 0.29) is 0 Å². The number of hydrogen-bond acceptors (Lipinski definition) is 1. The van der Waals surface area contributed by atoms with Crippen LogP contribution in [0.3, 0.4) is 0 Å². The second-order valence-electron chi connectivity index (χ2n) is 9.44. The Morgan fingerprint density at radius 3 is 1.43 bits per heavy atom. The summed E-state index contributed by atoms with van der Waals surface area (Å²) >= 11 is 0. The molecule has 1 N–H and O–H groups in total. The molecule has 0 saturated heterocycles. The molecule has 0 radical (unpaired) electrons. The van der Waals surface area contributed by atoms with Crippen LogP contribution < -0.4 is 0 Å². The summed E-state index contributed by atoms with van der Waals surface area (Å²) in [7, 11) is 0. The van der Waals surface area contributed by atoms with Crippen LogP contribution in [0.15, 0.2) is 103 Å². The zero-order valence-corrected chi connectivity index (χ0v) is 19.1. The zero-order valence-electron chi connectivity index (χ0n) is 19.1. The van der Waals surface area contributed by atoms with Crippen molar-refractivity contribution in [1.29, 1.82) is 0 Å². The number of fused-ring (bicyclic) bond motifs is 6. The minimum Gasteiger partial charge on any atom is -0.478 e. The lowest BCUT2D eigenvalue weighted by molar-refractivity contribution is 0.0697. The van der Waals surface area contributed by atoms with Crippen molar-refractivity contribution in [3.8, 4) is 44.5 Å². The number of carboxylic acid groups (broad SMARTS) is 1. The van der Waals surface area contributed by atoms with Crippen LogP contribution in [0.25, 0.3) is 44.5 Å². The first-order valence-corrected chi connectivity index (χ1v) is 12.0. The molecule has 0 bridgehead atoms. The Balaban J connectivity index is 1.42. The van der Waals surface area contributed by atoms with Crippen LogP contribution in [0.1, 0.15) is 32.6 Å². The standard InChI is InChI=1S/C33H22O2/c34-33(35)24-16-22(27-11-5-13-29-25-9-3-1-7-20(25)18-31(27)29)15-23(17-24)28-12-6-14-30-26-10-4-2-8-21(26)19-32(28)30/h1-17H,18-19H2,(H,34,35). The van der Waals surface area contributed by atoms with Crippen LogP contribution >= 0.6 is 0 Å². The molecule has 0 aliphatic heterocycles. The monoisotopic (exact) mass is 450 g/mol. The van der Waals surface area contributed by atoms with E-state index in [1.165, 1.54) is 44.5 Å². The number of hydrogen-bond donors (Lipinski definition) is 1. The van der Waals surface area contributed by atoms with Crippen molar-refractivity contribution in [2.75, 3.05) is 0 Å². The summed E-state index contributed by atoms with van der Waals surface area (Å²) in [6.45, 7) is 0. The maximum Gasteiger partial charge on any atom is 0.335 e. The van der Waals surface area contributed by atoms with Crippen LogP contribution in [0, 0.1) is 0 Å². The summed E-state index contributed by atoms with van der Waals surface area (Å²) in [5.41, 5.74) is 14.7. The Morgan fingerprint density at radius 1 is 0.514 bits per heavy atom. The molecular weight excluding hydrogens is 428 g/mol.